The highest BCUT2D eigenvalue weighted by Gasteiger charge is 2.29. The second kappa shape index (κ2) is 6.26. The molecule has 2 atom stereocenters. The Morgan fingerprint density at radius 3 is 3.06 bits per heavy atom. The fraction of sp³-hybridized carbons (Fsp3) is 0.667. The third kappa shape index (κ3) is 3.19. The predicted molar refractivity (Wildman–Crippen MR) is 78.5 cm³/mol. The molecule has 0 aliphatic carbocycles. The van der Waals surface area contributed by atoms with Crippen LogP contribution in [0.4, 0.5) is 0 Å². The SMILES string of the molecule is CC1SCCN(C(=O)Cc2nc(CCl)cs2)C1C. The quantitative estimate of drug-likeness (QED) is 0.805. The average Bonchev–Trinajstić information content (AvgIpc) is 2.80. The molecule has 1 aliphatic heterocycles. The highest BCUT2D eigenvalue weighted by atomic mass is 35.5. The zero-order valence-corrected chi connectivity index (χ0v) is 12.9. The van der Waals surface area contributed by atoms with Crippen LogP contribution in [0.1, 0.15) is 24.5 Å². The van der Waals surface area contributed by atoms with Crippen molar-refractivity contribution in [2.75, 3.05) is 12.3 Å². The Hall–Kier alpha value is -0.260. The number of nitrogens with zero attached hydrogens (tertiary/aromatic N) is 2. The first-order valence-electron chi connectivity index (χ1n) is 6.02. The van der Waals surface area contributed by atoms with Crippen LogP contribution in [-0.2, 0) is 17.1 Å². The summed E-state index contributed by atoms with van der Waals surface area (Å²) in [5, 5.41) is 3.31. The topological polar surface area (TPSA) is 33.2 Å². The lowest BCUT2D eigenvalue weighted by Gasteiger charge is -2.37. The zero-order valence-electron chi connectivity index (χ0n) is 10.6. The van der Waals surface area contributed by atoms with E-state index in [0.29, 0.717) is 23.6 Å². The maximum Gasteiger partial charge on any atom is 0.229 e. The molecule has 2 rings (SSSR count). The Bertz CT molecular complexity index is 424. The first-order valence-corrected chi connectivity index (χ1v) is 8.48. The molecule has 0 saturated carbocycles. The van der Waals surface area contributed by atoms with Crippen LogP contribution in [0, 0.1) is 0 Å². The number of thiazole rings is 1. The summed E-state index contributed by atoms with van der Waals surface area (Å²) in [5.74, 6) is 1.63. The number of carbonyl (C=O) groups excluding carboxylic acids is 1. The normalized spacial score (nSPS) is 24.3. The molecule has 1 amide bonds. The zero-order chi connectivity index (χ0) is 13.1. The number of thioether (sulfide) groups is 1. The van der Waals surface area contributed by atoms with Crippen LogP contribution in [0.2, 0.25) is 0 Å². The van der Waals surface area contributed by atoms with Crippen molar-refractivity contribution >= 4 is 40.6 Å². The van der Waals surface area contributed by atoms with Gasteiger partial charge in [0.05, 0.1) is 18.0 Å². The van der Waals surface area contributed by atoms with Gasteiger partial charge in [-0.05, 0) is 6.92 Å². The molecule has 1 saturated heterocycles. The summed E-state index contributed by atoms with van der Waals surface area (Å²) in [6, 6.07) is 0.309. The molecule has 1 fully saturated rings. The minimum absolute atomic E-state index is 0.185. The molecule has 6 heteroatoms. The van der Waals surface area contributed by atoms with Gasteiger partial charge in [-0.2, -0.15) is 11.8 Å². The van der Waals surface area contributed by atoms with Gasteiger partial charge in [-0.1, -0.05) is 6.92 Å². The van der Waals surface area contributed by atoms with Crippen LogP contribution in [-0.4, -0.2) is 39.4 Å². The standard InChI is InChI=1S/C12H17ClN2OS2/c1-8-9(2)17-4-3-15(8)12(16)5-11-14-10(6-13)7-18-11/h7-9H,3-6H2,1-2H3. The molecule has 0 bridgehead atoms. The fourth-order valence-corrected chi connectivity index (χ4v) is 4.12. The van der Waals surface area contributed by atoms with Crippen LogP contribution < -0.4 is 0 Å². The number of amides is 1. The lowest BCUT2D eigenvalue weighted by atomic mass is 10.2. The molecular formula is C12H17ClN2OS2. The summed E-state index contributed by atoms with van der Waals surface area (Å²) in [6.07, 6.45) is 0.406. The van der Waals surface area contributed by atoms with Gasteiger partial charge in [0, 0.05) is 29.0 Å². The lowest BCUT2D eigenvalue weighted by Crippen LogP contribution is -2.48. The van der Waals surface area contributed by atoms with E-state index in [4.69, 9.17) is 11.6 Å². The molecule has 0 aromatic carbocycles. The first-order chi connectivity index (χ1) is 8.61. The van der Waals surface area contributed by atoms with E-state index in [-0.39, 0.29) is 5.91 Å². The summed E-state index contributed by atoms with van der Waals surface area (Å²) in [6.45, 7) is 5.16. The van der Waals surface area contributed by atoms with Crippen molar-refractivity contribution in [3.8, 4) is 0 Å². The van der Waals surface area contributed by atoms with Gasteiger partial charge in [-0.25, -0.2) is 4.98 Å². The molecule has 1 aromatic heterocycles. The number of carbonyl (C=O) groups is 1. The summed E-state index contributed by atoms with van der Waals surface area (Å²) < 4.78 is 0. The lowest BCUT2D eigenvalue weighted by molar-refractivity contribution is -0.132. The van der Waals surface area contributed by atoms with Gasteiger partial charge in [0.15, 0.2) is 0 Å². The number of rotatable bonds is 3. The third-order valence-electron chi connectivity index (χ3n) is 3.24. The molecule has 0 radical (unpaired) electrons. The van der Waals surface area contributed by atoms with Crippen LogP contribution >= 0.6 is 34.7 Å². The van der Waals surface area contributed by atoms with Crippen molar-refractivity contribution < 1.29 is 4.79 Å². The van der Waals surface area contributed by atoms with E-state index >= 15 is 0 Å². The minimum atomic E-state index is 0.185. The number of hydrogen-bond acceptors (Lipinski definition) is 4. The third-order valence-corrected chi connectivity index (χ3v) is 5.75. The molecule has 1 aliphatic rings. The van der Waals surface area contributed by atoms with Gasteiger partial charge in [0.1, 0.15) is 5.01 Å². The van der Waals surface area contributed by atoms with E-state index in [1.54, 1.807) is 0 Å². The Labute approximate surface area is 121 Å². The summed E-state index contributed by atoms with van der Waals surface area (Å²) in [4.78, 5) is 18.6. The Kier molecular flexibility index (Phi) is 4.92. The number of alkyl halides is 1. The van der Waals surface area contributed by atoms with Crippen LogP contribution in [0.5, 0.6) is 0 Å². The molecule has 18 heavy (non-hydrogen) atoms. The summed E-state index contributed by atoms with van der Waals surface area (Å²) >= 11 is 9.17. The van der Waals surface area contributed by atoms with Crippen LogP contribution in [0.15, 0.2) is 5.38 Å². The summed E-state index contributed by atoms with van der Waals surface area (Å²) in [7, 11) is 0. The maximum absolute atomic E-state index is 12.3. The molecule has 2 unspecified atom stereocenters. The fourth-order valence-electron chi connectivity index (χ4n) is 2.01. The minimum Gasteiger partial charge on any atom is -0.338 e. The molecule has 100 valence electrons. The van der Waals surface area contributed by atoms with Crippen molar-refractivity contribution in [3.05, 3.63) is 16.1 Å². The largest absolute Gasteiger partial charge is 0.338 e. The smallest absolute Gasteiger partial charge is 0.229 e. The van der Waals surface area contributed by atoms with E-state index in [1.807, 2.05) is 22.0 Å². The van der Waals surface area contributed by atoms with Gasteiger partial charge in [0.2, 0.25) is 5.91 Å². The monoisotopic (exact) mass is 304 g/mol. The van der Waals surface area contributed by atoms with Gasteiger partial charge >= 0.3 is 0 Å². The highest BCUT2D eigenvalue weighted by molar-refractivity contribution is 8.00. The molecular weight excluding hydrogens is 288 g/mol. The van der Waals surface area contributed by atoms with Crippen molar-refractivity contribution in [1.82, 2.24) is 9.88 Å². The molecule has 0 N–H and O–H groups in total. The van der Waals surface area contributed by atoms with E-state index < -0.39 is 0 Å². The van der Waals surface area contributed by atoms with Crippen molar-refractivity contribution in [2.24, 2.45) is 0 Å². The maximum atomic E-state index is 12.3. The second-order valence-corrected chi connectivity index (χ2v) is 7.14. The molecule has 0 spiro atoms. The van der Waals surface area contributed by atoms with Crippen molar-refractivity contribution in [1.29, 1.82) is 0 Å². The van der Waals surface area contributed by atoms with Crippen LogP contribution in [0.3, 0.4) is 0 Å². The molecule has 3 nitrogen and oxygen atoms in total. The van der Waals surface area contributed by atoms with E-state index in [0.717, 1.165) is 23.0 Å². The van der Waals surface area contributed by atoms with Crippen molar-refractivity contribution in [3.63, 3.8) is 0 Å². The van der Waals surface area contributed by atoms with Gasteiger partial charge in [-0.3, -0.25) is 4.79 Å². The van der Waals surface area contributed by atoms with Gasteiger partial charge in [-0.15, -0.1) is 22.9 Å². The van der Waals surface area contributed by atoms with E-state index in [2.05, 4.69) is 18.8 Å². The molecule has 2 heterocycles. The second-order valence-electron chi connectivity index (χ2n) is 4.45. The number of hydrogen-bond donors (Lipinski definition) is 0. The Morgan fingerprint density at radius 2 is 2.39 bits per heavy atom. The molecule has 1 aromatic rings. The highest BCUT2D eigenvalue weighted by Crippen LogP contribution is 2.25. The Balaban J connectivity index is 1.98. The van der Waals surface area contributed by atoms with Crippen molar-refractivity contribution in [2.45, 2.75) is 37.4 Å². The van der Waals surface area contributed by atoms with E-state index in [1.165, 1.54) is 11.3 Å². The van der Waals surface area contributed by atoms with Gasteiger partial charge in [0.25, 0.3) is 0 Å². The average molecular weight is 305 g/mol. The van der Waals surface area contributed by atoms with E-state index in [9.17, 15) is 4.79 Å². The first kappa shape index (κ1) is 14.2. The predicted octanol–water partition coefficient (Wildman–Crippen LogP) is 2.78. The number of aromatic nitrogens is 1. The summed E-state index contributed by atoms with van der Waals surface area (Å²) in [5.41, 5.74) is 0.861. The number of halogens is 1. The Morgan fingerprint density at radius 1 is 1.61 bits per heavy atom. The van der Waals surface area contributed by atoms with Gasteiger partial charge < -0.3 is 4.90 Å². The van der Waals surface area contributed by atoms with Crippen LogP contribution in [0.25, 0.3) is 0 Å².